The van der Waals surface area contributed by atoms with Crippen molar-refractivity contribution in [2.45, 2.75) is 30.8 Å². The Bertz CT molecular complexity index is 1370. The fraction of sp³-hybridized carbons (Fsp3) is 0.185. The van der Waals surface area contributed by atoms with Gasteiger partial charge in [-0.1, -0.05) is 67.2 Å². The highest BCUT2D eigenvalue weighted by Gasteiger charge is 2.14. The molecule has 4 rings (SSSR count). The highest BCUT2D eigenvalue weighted by molar-refractivity contribution is 7.98. The van der Waals surface area contributed by atoms with Crippen LogP contribution in [-0.2, 0) is 23.5 Å². The molecule has 2 aromatic carbocycles. The normalized spacial score (nSPS) is 11.2. The smallest absolute Gasteiger partial charge is 0.268 e. The number of hydrogen-bond donors (Lipinski definition) is 1. The summed E-state index contributed by atoms with van der Waals surface area (Å²) in [4.78, 5) is 17.1. The molecule has 1 N–H and O–H groups in total. The Morgan fingerprint density at radius 3 is 2.78 bits per heavy atom. The van der Waals surface area contributed by atoms with Gasteiger partial charge >= 0.3 is 0 Å². The number of nitriles is 1. The van der Waals surface area contributed by atoms with Gasteiger partial charge in [-0.2, -0.15) is 14.6 Å². The fourth-order valence-corrected chi connectivity index (χ4v) is 4.95. The van der Waals surface area contributed by atoms with Crippen LogP contribution in [0.25, 0.3) is 6.08 Å². The van der Waals surface area contributed by atoms with Crippen LogP contribution in [0.5, 0.6) is 5.75 Å². The Morgan fingerprint density at radius 2 is 1.97 bits per heavy atom. The zero-order valence-electron chi connectivity index (χ0n) is 19.8. The van der Waals surface area contributed by atoms with E-state index in [0.29, 0.717) is 23.4 Å². The third kappa shape index (κ3) is 6.84. The zero-order valence-corrected chi connectivity index (χ0v) is 21.4. The third-order valence-electron chi connectivity index (χ3n) is 5.30. The Morgan fingerprint density at radius 1 is 1.17 bits per heavy atom. The summed E-state index contributed by atoms with van der Waals surface area (Å²) >= 11 is 2.58. The van der Waals surface area contributed by atoms with Crippen LogP contribution in [0, 0.1) is 11.3 Å². The first-order valence-electron chi connectivity index (χ1n) is 11.5. The molecule has 36 heavy (non-hydrogen) atoms. The molecular formula is C27H25N5O2S2. The van der Waals surface area contributed by atoms with E-state index in [-0.39, 0.29) is 5.57 Å². The molecule has 0 radical (unpaired) electrons. The van der Waals surface area contributed by atoms with Crippen LogP contribution >= 0.6 is 23.3 Å². The Balaban J connectivity index is 1.35. The summed E-state index contributed by atoms with van der Waals surface area (Å²) in [5.74, 6) is 1.09. The van der Waals surface area contributed by atoms with Gasteiger partial charge in [-0.15, -0.1) is 0 Å². The molecule has 0 aliphatic carbocycles. The van der Waals surface area contributed by atoms with E-state index in [2.05, 4.69) is 27.7 Å². The molecule has 9 heteroatoms. The summed E-state index contributed by atoms with van der Waals surface area (Å²) in [5.41, 5.74) is 3.05. The van der Waals surface area contributed by atoms with E-state index in [9.17, 15) is 10.1 Å². The van der Waals surface area contributed by atoms with Crippen molar-refractivity contribution in [3.8, 4) is 11.8 Å². The molecule has 0 unspecified atom stereocenters. The Hall–Kier alpha value is -3.87. The van der Waals surface area contributed by atoms with Crippen LogP contribution in [0.3, 0.4) is 0 Å². The minimum Gasteiger partial charge on any atom is -0.491 e. The third-order valence-corrected chi connectivity index (χ3v) is 6.97. The summed E-state index contributed by atoms with van der Waals surface area (Å²) in [6, 6.07) is 23.7. The van der Waals surface area contributed by atoms with Gasteiger partial charge in [-0.3, -0.25) is 10.1 Å². The van der Waals surface area contributed by atoms with Gasteiger partial charge in [-0.05, 0) is 41.8 Å². The van der Waals surface area contributed by atoms with E-state index in [1.165, 1.54) is 17.3 Å². The van der Waals surface area contributed by atoms with Crippen molar-refractivity contribution >= 4 is 40.4 Å². The molecule has 2 heterocycles. The minimum atomic E-state index is -0.519. The first kappa shape index (κ1) is 25.2. The monoisotopic (exact) mass is 515 g/mol. The predicted molar refractivity (Wildman–Crippen MR) is 144 cm³/mol. The summed E-state index contributed by atoms with van der Waals surface area (Å²) in [6.07, 6.45) is 4.37. The molecule has 0 saturated carbocycles. The number of benzene rings is 2. The molecule has 0 atom stereocenters. The minimum absolute atomic E-state index is 0.0131. The van der Waals surface area contributed by atoms with Crippen LogP contribution in [0.1, 0.15) is 23.7 Å². The number of nitrogens with one attached hydrogen (secondary N) is 1. The summed E-state index contributed by atoms with van der Waals surface area (Å²) in [6.45, 7) is 3.14. The summed E-state index contributed by atoms with van der Waals surface area (Å²) < 4.78 is 12.2. The average molecular weight is 516 g/mol. The fourth-order valence-electron chi connectivity index (χ4n) is 3.46. The number of carbonyl (C=O) groups is 1. The second kappa shape index (κ2) is 12.7. The number of nitrogens with zero attached hydrogens (tertiary/aromatic N) is 4. The lowest BCUT2D eigenvalue weighted by Crippen LogP contribution is -2.14. The molecule has 0 bridgehead atoms. The van der Waals surface area contributed by atoms with Gasteiger partial charge in [0.1, 0.15) is 24.0 Å². The van der Waals surface area contributed by atoms with Gasteiger partial charge in [0.2, 0.25) is 10.3 Å². The van der Waals surface area contributed by atoms with Crippen molar-refractivity contribution in [2.24, 2.45) is 0 Å². The van der Waals surface area contributed by atoms with Gasteiger partial charge in [-0.25, -0.2) is 0 Å². The largest absolute Gasteiger partial charge is 0.491 e. The van der Waals surface area contributed by atoms with Crippen LogP contribution in [0.15, 0.2) is 83.7 Å². The standard InChI is InChI=1S/C27H25N5O2S2/c1-2-21-11-6-7-13-24(21)34-16-15-32-14-8-12-23(32)17-22(18-28)25(33)29-26-30-27(31-36-26)35-19-20-9-4-3-5-10-20/h3-14,17H,2,15-16,19H2,1H3,(H,29,30,31,33)/b22-17-. The number of hydrogen-bond acceptors (Lipinski definition) is 7. The number of ether oxygens (including phenoxy) is 1. The van der Waals surface area contributed by atoms with E-state index in [0.717, 1.165) is 40.7 Å². The predicted octanol–water partition coefficient (Wildman–Crippen LogP) is 5.82. The SMILES string of the molecule is CCc1ccccc1OCCn1cccc1/C=C(/C#N)C(=O)Nc1nc(SCc2ccccc2)ns1. The second-order valence-corrected chi connectivity index (χ2v) is 9.41. The molecule has 7 nitrogen and oxygen atoms in total. The quantitative estimate of drug-likeness (QED) is 0.154. The van der Waals surface area contributed by atoms with Gasteiger partial charge in [0.15, 0.2) is 0 Å². The number of carbonyl (C=O) groups excluding carboxylic acids is 1. The topological polar surface area (TPSA) is 92.8 Å². The second-order valence-electron chi connectivity index (χ2n) is 7.72. The van der Waals surface area contributed by atoms with Crippen LogP contribution in [0.4, 0.5) is 5.13 Å². The maximum absolute atomic E-state index is 12.7. The maximum Gasteiger partial charge on any atom is 0.268 e. The molecular weight excluding hydrogens is 490 g/mol. The first-order valence-corrected chi connectivity index (χ1v) is 13.2. The number of amides is 1. The highest BCUT2D eigenvalue weighted by atomic mass is 32.2. The molecule has 0 saturated heterocycles. The van der Waals surface area contributed by atoms with Crippen molar-refractivity contribution in [1.29, 1.82) is 5.26 Å². The molecule has 1 amide bonds. The molecule has 0 spiro atoms. The number of thioether (sulfide) groups is 1. The molecule has 0 aliphatic rings. The van der Waals surface area contributed by atoms with Crippen molar-refractivity contribution < 1.29 is 9.53 Å². The molecule has 0 fully saturated rings. The summed E-state index contributed by atoms with van der Waals surface area (Å²) in [7, 11) is 0. The van der Waals surface area contributed by atoms with E-state index in [1.807, 2.05) is 77.5 Å². The van der Waals surface area contributed by atoms with E-state index in [1.54, 1.807) is 6.08 Å². The van der Waals surface area contributed by atoms with Crippen molar-refractivity contribution in [1.82, 2.24) is 13.9 Å². The van der Waals surface area contributed by atoms with Gasteiger partial charge in [0, 0.05) is 29.2 Å². The summed E-state index contributed by atoms with van der Waals surface area (Å²) in [5, 5.41) is 13.2. The maximum atomic E-state index is 12.7. The van der Waals surface area contributed by atoms with Gasteiger partial charge < -0.3 is 9.30 Å². The van der Waals surface area contributed by atoms with Gasteiger partial charge in [0.05, 0.1) is 6.54 Å². The van der Waals surface area contributed by atoms with Crippen molar-refractivity contribution in [3.05, 3.63) is 95.3 Å². The Labute approximate surface area is 218 Å². The zero-order chi connectivity index (χ0) is 25.2. The number of aromatic nitrogens is 3. The lowest BCUT2D eigenvalue weighted by Gasteiger charge is -2.12. The number of rotatable bonds is 11. The lowest BCUT2D eigenvalue weighted by molar-refractivity contribution is -0.112. The van der Waals surface area contributed by atoms with Crippen molar-refractivity contribution in [2.75, 3.05) is 11.9 Å². The Kier molecular flexibility index (Phi) is 8.92. The van der Waals surface area contributed by atoms with Gasteiger partial charge in [0.25, 0.3) is 5.91 Å². The molecule has 4 aromatic rings. The molecule has 0 aliphatic heterocycles. The van der Waals surface area contributed by atoms with E-state index in [4.69, 9.17) is 4.74 Å². The van der Waals surface area contributed by atoms with Crippen LogP contribution in [0.2, 0.25) is 0 Å². The molecule has 2 aromatic heterocycles. The number of anilines is 1. The number of aryl methyl sites for hydroxylation is 1. The van der Waals surface area contributed by atoms with Crippen molar-refractivity contribution in [3.63, 3.8) is 0 Å². The number of para-hydroxylation sites is 1. The first-order chi connectivity index (χ1) is 17.7. The van der Waals surface area contributed by atoms with E-state index >= 15 is 0 Å². The average Bonchev–Trinajstić information content (AvgIpc) is 3.56. The highest BCUT2D eigenvalue weighted by Crippen LogP contribution is 2.24. The molecule has 182 valence electrons. The lowest BCUT2D eigenvalue weighted by atomic mass is 10.1. The van der Waals surface area contributed by atoms with Crippen LogP contribution < -0.4 is 10.1 Å². The van der Waals surface area contributed by atoms with E-state index < -0.39 is 5.91 Å². The van der Waals surface area contributed by atoms with Crippen LogP contribution in [-0.4, -0.2) is 26.4 Å².